The molecule has 0 spiro atoms. The Kier molecular flexibility index (Phi) is 4.29. The van der Waals surface area contributed by atoms with E-state index in [1.807, 2.05) is 12.2 Å². The van der Waals surface area contributed by atoms with Crippen molar-refractivity contribution in [2.24, 2.45) is 4.99 Å². The van der Waals surface area contributed by atoms with Crippen LogP contribution >= 0.6 is 7.14 Å². The summed E-state index contributed by atoms with van der Waals surface area (Å²) in [5.41, 5.74) is 0. The lowest BCUT2D eigenvalue weighted by molar-refractivity contribution is 0.584. The Bertz CT molecular complexity index is 178. The van der Waals surface area contributed by atoms with Crippen LogP contribution in [0.2, 0.25) is 0 Å². The molecule has 0 saturated carbocycles. The summed E-state index contributed by atoms with van der Waals surface area (Å²) in [7, 11) is -0.144. The first kappa shape index (κ1) is 9.64. The molecule has 0 fully saturated rings. The van der Waals surface area contributed by atoms with Crippen molar-refractivity contribution >= 4 is 13.4 Å². The topological polar surface area (TPSA) is 29.4 Å². The summed E-state index contributed by atoms with van der Waals surface area (Å²) >= 11 is 0. The van der Waals surface area contributed by atoms with Crippen molar-refractivity contribution in [1.82, 2.24) is 0 Å². The zero-order valence-electron chi connectivity index (χ0n) is 6.74. The SMILES string of the molecule is CN=C/C=C\CP(C)(C)=O. The van der Waals surface area contributed by atoms with Crippen LogP contribution in [0.15, 0.2) is 17.1 Å². The minimum Gasteiger partial charge on any atom is -0.324 e. The normalized spacial score (nSPS) is 13.5. The quantitative estimate of drug-likeness (QED) is 0.456. The maximum absolute atomic E-state index is 11.1. The standard InChI is InChI=1S/C7H14NOP/c1-8-6-4-5-7-10(2,3)9/h4-6H,7H2,1-3H3/b5-4-,8-6?. The summed E-state index contributed by atoms with van der Waals surface area (Å²) in [6.45, 7) is 3.56. The highest BCUT2D eigenvalue weighted by molar-refractivity contribution is 7.62. The second-order valence-corrected chi connectivity index (χ2v) is 6.10. The minimum absolute atomic E-state index is 0.666. The van der Waals surface area contributed by atoms with Gasteiger partial charge in [-0.15, -0.1) is 0 Å². The van der Waals surface area contributed by atoms with Gasteiger partial charge < -0.3 is 4.57 Å². The van der Waals surface area contributed by atoms with E-state index < -0.39 is 7.14 Å². The van der Waals surface area contributed by atoms with Crippen molar-refractivity contribution in [3.63, 3.8) is 0 Å². The molecule has 0 aliphatic carbocycles. The van der Waals surface area contributed by atoms with Gasteiger partial charge in [0, 0.05) is 19.4 Å². The van der Waals surface area contributed by atoms with Gasteiger partial charge in [-0.05, 0) is 19.4 Å². The second kappa shape index (κ2) is 4.45. The lowest BCUT2D eigenvalue weighted by atomic mass is 10.6. The van der Waals surface area contributed by atoms with Crippen LogP contribution in [0.25, 0.3) is 0 Å². The molecule has 0 aromatic rings. The molecule has 0 saturated heterocycles. The van der Waals surface area contributed by atoms with Gasteiger partial charge in [-0.2, -0.15) is 0 Å². The third-order valence-electron chi connectivity index (χ3n) is 0.916. The maximum Gasteiger partial charge on any atom is 0.0855 e. The molecule has 0 bridgehead atoms. The van der Waals surface area contributed by atoms with Crippen LogP contribution in [0.3, 0.4) is 0 Å². The monoisotopic (exact) mass is 159 g/mol. The molecule has 0 N–H and O–H groups in total. The summed E-state index contributed by atoms with van der Waals surface area (Å²) < 4.78 is 11.1. The maximum atomic E-state index is 11.1. The second-order valence-electron chi connectivity index (χ2n) is 2.59. The van der Waals surface area contributed by atoms with E-state index in [0.717, 1.165) is 0 Å². The number of allylic oxidation sites excluding steroid dienone is 2. The summed E-state index contributed by atoms with van der Waals surface area (Å²) in [4.78, 5) is 3.75. The van der Waals surface area contributed by atoms with Gasteiger partial charge in [0.05, 0.1) is 7.14 Å². The van der Waals surface area contributed by atoms with E-state index in [4.69, 9.17) is 0 Å². The predicted molar refractivity (Wildman–Crippen MR) is 47.9 cm³/mol. The Morgan fingerprint density at radius 2 is 2.10 bits per heavy atom. The van der Waals surface area contributed by atoms with E-state index in [1.54, 1.807) is 26.6 Å². The molecule has 0 amide bonds. The Morgan fingerprint density at radius 3 is 2.50 bits per heavy atom. The molecule has 2 nitrogen and oxygen atoms in total. The number of aliphatic imine (C=N–C) groups is 1. The number of hydrogen-bond acceptors (Lipinski definition) is 2. The van der Waals surface area contributed by atoms with Crippen molar-refractivity contribution in [2.75, 3.05) is 26.5 Å². The number of rotatable bonds is 3. The highest BCUT2D eigenvalue weighted by Crippen LogP contribution is 2.35. The van der Waals surface area contributed by atoms with E-state index in [1.165, 1.54) is 0 Å². The van der Waals surface area contributed by atoms with Crippen molar-refractivity contribution in [1.29, 1.82) is 0 Å². The molecular weight excluding hydrogens is 145 g/mol. The van der Waals surface area contributed by atoms with Gasteiger partial charge in [0.15, 0.2) is 0 Å². The van der Waals surface area contributed by atoms with Gasteiger partial charge in [0.1, 0.15) is 0 Å². The smallest absolute Gasteiger partial charge is 0.0855 e. The van der Waals surface area contributed by atoms with Crippen molar-refractivity contribution < 1.29 is 4.57 Å². The molecule has 0 aromatic heterocycles. The van der Waals surface area contributed by atoms with Crippen LogP contribution in [0.4, 0.5) is 0 Å². The van der Waals surface area contributed by atoms with Crippen molar-refractivity contribution in [3.8, 4) is 0 Å². The van der Waals surface area contributed by atoms with Crippen LogP contribution < -0.4 is 0 Å². The Hall–Kier alpha value is -0.360. The fraction of sp³-hybridized carbons (Fsp3) is 0.571. The molecule has 58 valence electrons. The highest BCUT2D eigenvalue weighted by atomic mass is 31.2. The molecule has 0 aliphatic rings. The molecule has 0 rings (SSSR count). The van der Waals surface area contributed by atoms with E-state index >= 15 is 0 Å². The molecule has 0 aliphatic heterocycles. The van der Waals surface area contributed by atoms with E-state index in [0.29, 0.717) is 6.16 Å². The Labute approximate surface area is 62.4 Å². The third kappa shape index (κ3) is 7.64. The van der Waals surface area contributed by atoms with Gasteiger partial charge in [0.2, 0.25) is 0 Å². The van der Waals surface area contributed by atoms with Crippen molar-refractivity contribution in [3.05, 3.63) is 12.2 Å². The van der Waals surface area contributed by atoms with Crippen LogP contribution in [-0.2, 0) is 4.57 Å². The fourth-order valence-corrected chi connectivity index (χ4v) is 1.09. The van der Waals surface area contributed by atoms with Crippen LogP contribution in [-0.4, -0.2) is 32.8 Å². The average Bonchev–Trinajstić information content (AvgIpc) is 1.78. The largest absolute Gasteiger partial charge is 0.324 e. The Morgan fingerprint density at radius 1 is 1.50 bits per heavy atom. The first-order valence-corrected chi connectivity index (χ1v) is 5.96. The first-order chi connectivity index (χ1) is 4.56. The molecule has 0 unspecified atom stereocenters. The van der Waals surface area contributed by atoms with Crippen molar-refractivity contribution in [2.45, 2.75) is 0 Å². The minimum atomic E-state index is -1.85. The summed E-state index contributed by atoms with van der Waals surface area (Å²) in [5.74, 6) is 0. The highest BCUT2D eigenvalue weighted by Gasteiger charge is 2.01. The van der Waals surface area contributed by atoms with Crippen LogP contribution in [0.1, 0.15) is 0 Å². The zero-order valence-corrected chi connectivity index (χ0v) is 7.64. The van der Waals surface area contributed by atoms with Gasteiger partial charge in [-0.3, -0.25) is 4.99 Å². The average molecular weight is 159 g/mol. The van der Waals surface area contributed by atoms with E-state index in [9.17, 15) is 4.57 Å². The summed E-state index contributed by atoms with van der Waals surface area (Å²) in [6.07, 6.45) is 6.06. The number of nitrogens with zero attached hydrogens (tertiary/aromatic N) is 1. The van der Waals surface area contributed by atoms with Crippen LogP contribution in [0.5, 0.6) is 0 Å². The van der Waals surface area contributed by atoms with E-state index in [-0.39, 0.29) is 0 Å². The predicted octanol–water partition coefficient (Wildman–Crippen LogP) is 1.87. The number of hydrogen-bond donors (Lipinski definition) is 0. The lowest BCUT2D eigenvalue weighted by Crippen LogP contribution is -1.79. The van der Waals surface area contributed by atoms with Gasteiger partial charge in [-0.25, -0.2) is 0 Å². The van der Waals surface area contributed by atoms with Crippen LogP contribution in [0, 0.1) is 0 Å². The van der Waals surface area contributed by atoms with Gasteiger partial charge in [0.25, 0.3) is 0 Å². The molecule has 0 heterocycles. The zero-order chi connectivity index (χ0) is 8.04. The molecular formula is C7H14NOP. The molecule has 0 aromatic carbocycles. The Balaban J connectivity index is 3.65. The first-order valence-electron chi connectivity index (χ1n) is 3.17. The molecule has 3 heteroatoms. The summed E-state index contributed by atoms with van der Waals surface area (Å²) in [5, 5.41) is 0. The summed E-state index contributed by atoms with van der Waals surface area (Å²) in [6, 6.07) is 0. The van der Waals surface area contributed by atoms with E-state index in [2.05, 4.69) is 4.99 Å². The van der Waals surface area contributed by atoms with Gasteiger partial charge >= 0.3 is 0 Å². The molecule has 0 radical (unpaired) electrons. The lowest BCUT2D eigenvalue weighted by Gasteiger charge is -1.98. The third-order valence-corrected chi connectivity index (χ3v) is 2.01. The fourth-order valence-electron chi connectivity index (χ4n) is 0.462. The molecule has 0 atom stereocenters. The molecule has 10 heavy (non-hydrogen) atoms. The van der Waals surface area contributed by atoms with Gasteiger partial charge in [-0.1, -0.05) is 6.08 Å².